The Labute approximate surface area is 259 Å². The summed E-state index contributed by atoms with van der Waals surface area (Å²) in [7, 11) is 1.57. The second-order valence-corrected chi connectivity index (χ2v) is 14.4. The third-order valence-corrected chi connectivity index (χ3v) is 8.49. The van der Waals surface area contributed by atoms with Crippen molar-refractivity contribution in [2.45, 2.75) is 154 Å². The highest BCUT2D eigenvalue weighted by Crippen LogP contribution is 2.43. The SMILES string of the molecule is CCCCCCCCCCCCCCCC/C=C/C(O)C(COP(=O)(O)OCC[N+](C)(C)C)NC(=O)CCCCCC. The van der Waals surface area contributed by atoms with Gasteiger partial charge in [-0.1, -0.05) is 129 Å². The number of phosphoric acid groups is 1. The fraction of sp³-hybridized carbons (Fsp3) is 0.909. The zero-order valence-electron chi connectivity index (χ0n) is 28.0. The molecule has 3 atom stereocenters. The van der Waals surface area contributed by atoms with Crippen LogP contribution in [0.25, 0.3) is 0 Å². The van der Waals surface area contributed by atoms with E-state index < -0.39 is 20.0 Å². The van der Waals surface area contributed by atoms with E-state index in [9.17, 15) is 19.4 Å². The van der Waals surface area contributed by atoms with Crippen LogP contribution in [0.3, 0.4) is 0 Å². The molecule has 0 fully saturated rings. The third-order valence-electron chi connectivity index (χ3n) is 7.51. The first-order valence-electron chi connectivity index (χ1n) is 17.1. The number of hydrogen-bond donors (Lipinski definition) is 3. The minimum Gasteiger partial charge on any atom is -0.387 e. The van der Waals surface area contributed by atoms with E-state index in [0.29, 0.717) is 17.4 Å². The van der Waals surface area contributed by atoms with Gasteiger partial charge in [-0.3, -0.25) is 13.8 Å². The molecule has 0 aromatic rings. The van der Waals surface area contributed by atoms with Crippen molar-refractivity contribution in [3.05, 3.63) is 12.2 Å². The van der Waals surface area contributed by atoms with Gasteiger partial charge >= 0.3 is 7.82 Å². The zero-order chi connectivity index (χ0) is 31.5. The van der Waals surface area contributed by atoms with Crippen molar-refractivity contribution in [3.8, 4) is 0 Å². The Bertz CT molecular complexity index is 713. The number of allylic oxidation sites excluding steroid dienone is 1. The van der Waals surface area contributed by atoms with Crippen molar-refractivity contribution in [3.63, 3.8) is 0 Å². The summed E-state index contributed by atoms with van der Waals surface area (Å²) < 4.78 is 23.2. The van der Waals surface area contributed by atoms with Crippen molar-refractivity contribution in [2.75, 3.05) is 40.9 Å². The highest BCUT2D eigenvalue weighted by molar-refractivity contribution is 7.47. The first-order chi connectivity index (χ1) is 20.0. The average Bonchev–Trinajstić information content (AvgIpc) is 2.92. The summed E-state index contributed by atoms with van der Waals surface area (Å²) in [5.41, 5.74) is 0. The first-order valence-corrected chi connectivity index (χ1v) is 18.6. The molecule has 42 heavy (non-hydrogen) atoms. The van der Waals surface area contributed by atoms with E-state index in [2.05, 4.69) is 19.2 Å². The zero-order valence-corrected chi connectivity index (χ0v) is 28.9. The number of nitrogens with one attached hydrogen (secondary N) is 1. The summed E-state index contributed by atoms with van der Waals surface area (Å²) in [6, 6.07) is -0.835. The molecule has 8 nitrogen and oxygen atoms in total. The van der Waals surface area contributed by atoms with E-state index >= 15 is 0 Å². The molecule has 0 bridgehead atoms. The van der Waals surface area contributed by atoms with E-state index in [0.717, 1.165) is 44.9 Å². The van der Waals surface area contributed by atoms with Crippen molar-refractivity contribution in [1.82, 2.24) is 5.32 Å². The number of amides is 1. The van der Waals surface area contributed by atoms with E-state index in [-0.39, 0.29) is 19.1 Å². The van der Waals surface area contributed by atoms with Crippen LogP contribution < -0.4 is 5.32 Å². The lowest BCUT2D eigenvalue weighted by Crippen LogP contribution is -2.45. The number of rotatable bonds is 30. The Hall–Kier alpha value is -0.760. The van der Waals surface area contributed by atoms with Crippen LogP contribution in [0, 0.1) is 0 Å². The molecule has 0 aromatic carbocycles. The molecule has 0 rings (SSSR count). The maximum atomic E-state index is 12.5. The molecule has 0 heterocycles. The van der Waals surface area contributed by atoms with Gasteiger partial charge in [-0.25, -0.2) is 4.57 Å². The second kappa shape index (κ2) is 26.6. The standard InChI is InChI=1S/C33H67N2O6P/c1-6-8-10-12-13-14-15-16-17-18-19-20-21-22-23-24-26-32(36)31(34-33(37)27-25-11-9-7-2)30-41-42(38,39)40-29-28-35(3,4)5/h24,26,31-32,36H,6-23,25,27-30H2,1-5H3,(H-,34,37,38,39)/p+1/b26-24+. The number of aliphatic hydroxyl groups is 1. The van der Waals surface area contributed by atoms with Gasteiger partial charge in [0, 0.05) is 6.42 Å². The smallest absolute Gasteiger partial charge is 0.387 e. The molecule has 0 aliphatic rings. The lowest BCUT2D eigenvalue weighted by molar-refractivity contribution is -0.870. The van der Waals surface area contributed by atoms with Crippen LogP contribution in [0.15, 0.2) is 12.2 Å². The Balaban J connectivity index is 4.38. The van der Waals surface area contributed by atoms with E-state index in [1.807, 2.05) is 27.2 Å². The maximum absolute atomic E-state index is 12.5. The van der Waals surface area contributed by atoms with E-state index in [1.165, 1.54) is 77.0 Å². The number of nitrogens with zero attached hydrogens (tertiary/aromatic N) is 1. The Morgan fingerprint density at radius 3 is 1.76 bits per heavy atom. The summed E-state index contributed by atoms with van der Waals surface area (Å²) >= 11 is 0. The Kier molecular flexibility index (Phi) is 26.1. The Morgan fingerprint density at radius 1 is 0.786 bits per heavy atom. The number of carbonyl (C=O) groups is 1. The van der Waals surface area contributed by atoms with Crippen LogP contribution >= 0.6 is 7.82 Å². The van der Waals surface area contributed by atoms with E-state index in [1.54, 1.807) is 6.08 Å². The third kappa shape index (κ3) is 28.0. The van der Waals surface area contributed by atoms with Crippen LogP contribution in [0.4, 0.5) is 0 Å². The van der Waals surface area contributed by atoms with Gasteiger partial charge in [-0.2, -0.15) is 0 Å². The topological polar surface area (TPSA) is 105 Å². The minimum absolute atomic E-state index is 0.0629. The molecule has 0 radical (unpaired) electrons. The van der Waals surface area contributed by atoms with Gasteiger partial charge in [0.15, 0.2) is 0 Å². The van der Waals surface area contributed by atoms with Crippen LogP contribution in [-0.4, -0.2) is 73.4 Å². The number of likely N-dealkylation sites (N-methyl/N-ethyl adjacent to an activating group) is 1. The summed E-state index contributed by atoms with van der Waals surface area (Å²) in [4.78, 5) is 22.6. The summed E-state index contributed by atoms with van der Waals surface area (Å²) in [6.07, 6.45) is 26.1. The molecule has 1 amide bonds. The fourth-order valence-corrected chi connectivity index (χ4v) is 5.42. The molecular formula is C33H68N2O6P+. The molecule has 0 spiro atoms. The predicted molar refractivity (Wildman–Crippen MR) is 175 cm³/mol. The van der Waals surface area contributed by atoms with Crippen molar-refractivity contribution < 1.29 is 32.9 Å². The average molecular weight is 620 g/mol. The first kappa shape index (κ1) is 41.2. The number of hydrogen-bond acceptors (Lipinski definition) is 5. The van der Waals surface area contributed by atoms with Gasteiger partial charge in [-0.05, 0) is 19.3 Å². The van der Waals surface area contributed by atoms with Crippen molar-refractivity contribution in [2.24, 2.45) is 0 Å². The van der Waals surface area contributed by atoms with Crippen LogP contribution in [0.1, 0.15) is 142 Å². The van der Waals surface area contributed by atoms with Gasteiger partial charge in [0.2, 0.25) is 5.91 Å². The molecule has 0 saturated carbocycles. The van der Waals surface area contributed by atoms with Crippen molar-refractivity contribution >= 4 is 13.7 Å². The largest absolute Gasteiger partial charge is 0.472 e. The molecular weight excluding hydrogens is 551 g/mol. The van der Waals surface area contributed by atoms with Gasteiger partial charge in [0.05, 0.1) is 39.9 Å². The quantitative estimate of drug-likeness (QED) is 0.0325. The van der Waals surface area contributed by atoms with E-state index in [4.69, 9.17) is 9.05 Å². The van der Waals surface area contributed by atoms with Crippen LogP contribution in [0.2, 0.25) is 0 Å². The number of unbranched alkanes of at least 4 members (excludes halogenated alkanes) is 17. The number of quaternary nitrogens is 1. The normalized spacial score (nSPS) is 15.1. The highest BCUT2D eigenvalue weighted by Gasteiger charge is 2.27. The summed E-state index contributed by atoms with van der Waals surface area (Å²) in [5.74, 6) is -0.196. The van der Waals surface area contributed by atoms with Crippen molar-refractivity contribution in [1.29, 1.82) is 0 Å². The monoisotopic (exact) mass is 619 g/mol. The Morgan fingerprint density at radius 2 is 1.26 bits per heavy atom. The molecule has 0 aliphatic heterocycles. The second-order valence-electron chi connectivity index (χ2n) is 12.9. The summed E-state index contributed by atoms with van der Waals surface area (Å²) in [5, 5.41) is 13.6. The molecule has 0 saturated heterocycles. The fourth-order valence-electron chi connectivity index (χ4n) is 4.69. The number of carbonyl (C=O) groups excluding carboxylic acids is 1. The molecule has 3 unspecified atom stereocenters. The molecule has 0 aromatic heterocycles. The molecule has 3 N–H and O–H groups in total. The van der Waals surface area contributed by atoms with Gasteiger partial charge in [0.1, 0.15) is 13.2 Å². The van der Waals surface area contributed by atoms with Crippen LogP contribution in [-0.2, 0) is 18.4 Å². The van der Waals surface area contributed by atoms with Gasteiger partial charge in [-0.15, -0.1) is 0 Å². The molecule has 0 aliphatic carbocycles. The minimum atomic E-state index is -4.31. The molecule has 250 valence electrons. The maximum Gasteiger partial charge on any atom is 0.472 e. The van der Waals surface area contributed by atoms with Crippen LogP contribution in [0.5, 0.6) is 0 Å². The number of phosphoric ester groups is 1. The number of aliphatic hydroxyl groups excluding tert-OH is 1. The molecule has 9 heteroatoms. The summed E-state index contributed by atoms with van der Waals surface area (Å²) in [6.45, 7) is 4.66. The lowest BCUT2D eigenvalue weighted by Gasteiger charge is -2.25. The van der Waals surface area contributed by atoms with Gasteiger partial charge < -0.3 is 19.8 Å². The highest BCUT2D eigenvalue weighted by atomic mass is 31.2. The van der Waals surface area contributed by atoms with Gasteiger partial charge in [0.25, 0.3) is 0 Å². The lowest BCUT2D eigenvalue weighted by atomic mass is 10.0. The predicted octanol–water partition coefficient (Wildman–Crippen LogP) is 8.07.